The van der Waals surface area contributed by atoms with Gasteiger partial charge in [-0.05, 0) is 32.3 Å². The number of carbonyl (C=O) groups excluding carboxylic acids is 1. The lowest BCUT2D eigenvalue weighted by Gasteiger charge is -2.30. The molecule has 2 aromatic rings. The number of hydrogen-bond acceptors (Lipinski definition) is 9. The molecule has 1 saturated carbocycles. The summed E-state index contributed by atoms with van der Waals surface area (Å²) in [6, 6.07) is 4.68. The van der Waals surface area contributed by atoms with Gasteiger partial charge < -0.3 is 30.3 Å². The van der Waals surface area contributed by atoms with Crippen LogP contribution >= 0.6 is 0 Å². The lowest BCUT2D eigenvalue weighted by Crippen LogP contribution is -2.37. The second-order valence-corrected chi connectivity index (χ2v) is 9.14. The number of alkyl halides is 3. The van der Waals surface area contributed by atoms with Crippen LogP contribution < -0.4 is 25.6 Å². The van der Waals surface area contributed by atoms with Gasteiger partial charge in [-0.3, -0.25) is 4.79 Å². The van der Waals surface area contributed by atoms with Gasteiger partial charge >= 0.3 is 6.36 Å². The summed E-state index contributed by atoms with van der Waals surface area (Å²) in [5, 5.41) is 8.98. The Hall–Kier alpha value is -3.35. The van der Waals surface area contributed by atoms with Gasteiger partial charge in [0, 0.05) is 56.0 Å². The number of morpholine rings is 1. The Morgan fingerprint density at radius 1 is 1.16 bits per heavy atom. The van der Waals surface area contributed by atoms with Gasteiger partial charge in [-0.15, -0.1) is 13.2 Å². The number of nitrogens with one attached hydrogen (secondary N) is 3. The molecule has 1 aliphatic heterocycles. The van der Waals surface area contributed by atoms with Gasteiger partial charge in [-0.25, -0.2) is 0 Å². The number of aromatic nitrogens is 3. The summed E-state index contributed by atoms with van der Waals surface area (Å²) in [6.45, 7) is 3.88. The first-order valence-corrected chi connectivity index (χ1v) is 12.4. The van der Waals surface area contributed by atoms with Crippen LogP contribution in [0, 0.1) is 12.8 Å². The number of anilines is 3. The number of ether oxygens (including phenoxy) is 2. The van der Waals surface area contributed by atoms with E-state index in [1.54, 1.807) is 26.1 Å². The van der Waals surface area contributed by atoms with Crippen molar-refractivity contribution in [1.82, 2.24) is 20.3 Å². The minimum Gasteiger partial charge on any atom is -0.405 e. The number of carbonyl (C=O) groups is 1. The van der Waals surface area contributed by atoms with Crippen molar-refractivity contribution in [2.45, 2.75) is 51.6 Å². The van der Waals surface area contributed by atoms with Crippen molar-refractivity contribution >= 4 is 23.5 Å². The summed E-state index contributed by atoms with van der Waals surface area (Å²) < 4.78 is 49.0. The summed E-state index contributed by atoms with van der Waals surface area (Å²) >= 11 is 0. The van der Waals surface area contributed by atoms with Crippen molar-refractivity contribution in [3.63, 3.8) is 0 Å². The maximum Gasteiger partial charge on any atom is 0.573 e. The Bertz CT molecular complexity index is 1080. The van der Waals surface area contributed by atoms with Gasteiger partial charge in [0.05, 0.1) is 13.2 Å². The van der Waals surface area contributed by atoms with E-state index in [2.05, 4.69) is 35.6 Å². The first-order chi connectivity index (χ1) is 17.7. The largest absolute Gasteiger partial charge is 0.573 e. The lowest BCUT2D eigenvalue weighted by atomic mass is 9.85. The first-order valence-electron chi connectivity index (χ1n) is 12.4. The fourth-order valence-corrected chi connectivity index (χ4v) is 4.65. The predicted molar refractivity (Wildman–Crippen MR) is 131 cm³/mol. The van der Waals surface area contributed by atoms with Crippen molar-refractivity contribution in [3.8, 4) is 5.75 Å². The smallest absolute Gasteiger partial charge is 0.405 e. The third kappa shape index (κ3) is 7.57. The Labute approximate surface area is 213 Å². The molecule has 1 saturated heterocycles. The van der Waals surface area contributed by atoms with Gasteiger partial charge in [0.1, 0.15) is 11.6 Å². The van der Waals surface area contributed by atoms with Gasteiger partial charge in [-0.1, -0.05) is 12.5 Å². The summed E-state index contributed by atoms with van der Waals surface area (Å²) in [5.41, 5.74) is 0.877. The van der Waals surface area contributed by atoms with Crippen LogP contribution in [0.2, 0.25) is 0 Å². The molecule has 10 nitrogen and oxygen atoms in total. The zero-order chi connectivity index (χ0) is 26.4. The van der Waals surface area contributed by atoms with E-state index in [0.717, 1.165) is 12.8 Å². The molecule has 13 heteroatoms. The van der Waals surface area contributed by atoms with Gasteiger partial charge in [0.2, 0.25) is 17.8 Å². The quantitative estimate of drug-likeness (QED) is 0.480. The predicted octanol–water partition coefficient (Wildman–Crippen LogP) is 3.24. The third-order valence-corrected chi connectivity index (χ3v) is 6.45. The highest BCUT2D eigenvalue weighted by molar-refractivity contribution is 5.79. The van der Waals surface area contributed by atoms with Crippen LogP contribution in [0.4, 0.5) is 30.8 Å². The standard InChI is InChI=1S/C24H32F3N7O3/c1-15-30-22(28-2)33-23(31-15)32-18-5-3-4-16(12-18)21(35)29-14-17-6-7-19(34-8-10-36-11-9-34)13-20(17)37-24(25,26)27/h6-7,13,16,18H,3-5,8-12,14H2,1-2H3,(H,29,35)(H2,28,30,31,32,33)/t16-,18+/m1/s1. The van der Waals surface area contributed by atoms with Crippen molar-refractivity contribution in [3.05, 3.63) is 29.6 Å². The van der Waals surface area contributed by atoms with Crippen LogP contribution in [0.5, 0.6) is 5.75 Å². The second kappa shape index (κ2) is 11.8. The monoisotopic (exact) mass is 523 g/mol. The molecule has 37 heavy (non-hydrogen) atoms. The van der Waals surface area contributed by atoms with Crippen LogP contribution in [-0.4, -0.2) is 66.6 Å². The number of hydrogen-bond donors (Lipinski definition) is 3. The fraction of sp³-hybridized carbons (Fsp3) is 0.583. The summed E-state index contributed by atoms with van der Waals surface area (Å²) in [7, 11) is 1.72. The van der Waals surface area contributed by atoms with E-state index in [1.807, 2.05) is 4.90 Å². The highest BCUT2D eigenvalue weighted by Gasteiger charge is 2.33. The van der Waals surface area contributed by atoms with E-state index in [9.17, 15) is 18.0 Å². The van der Waals surface area contributed by atoms with Crippen LogP contribution in [0.3, 0.4) is 0 Å². The zero-order valence-electron chi connectivity index (χ0n) is 20.9. The van der Waals surface area contributed by atoms with Crippen molar-refractivity contribution in [2.75, 3.05) is 48.9 Å². The van der Waals surface area contributed by atoms with E-state index in [1.165, 1.54) is 6.07 Å². The second-order valence-electron chi connectivity index (χ2n) is 9.14. The van der Waals surface area contributed by atoms with Crippen LogP contribution in [0.1, 0.15) is 37.1 Å². The number of rotatable bonds is 8. The molecule has 1 amide bonds. The average molecular weight is 524 g/mol. The molecule has 0 unspecified atom stereocenters. The highest BCUT2D eigenvalue weighted by Crippen LogP contribution is 2.32. The Morgan fingerprint density at radius 2 is 1.92 bits per heavy atom. The number of amides is 1. The van der Waals surface area contributed by atoms with E-state index in [0.29, 0.717) is 62.6 Å². The molecule has 202 valence electrons. The number of benzene rings is 1. The molecule has 2 atom stereocenters. The molecule has 2 aliphatic rings. The number of halogens is 3. The topological polar surface area (TPSA) is 114 Å². The highest BCUT2D eigenvalue weighted by atomic mass is 19.4. The number of aryl methyl sites for hydroxylation is 1. The van der Waals surface area contributed by atoms with Gasteiger partial charge in [-0.2, -0.15) is 15.0 Å². The van der Waals surface area contributed by atoms with Crippen LogP contribution in [0.15, 0.2) is 18.2 Å². The Balaban J connectivity index is 1.38. The van der Waals surface area contributed by atoms with E-state index in [-0.39, 0.29) is 35.7 Å². The lowest BCUT2D eigenvalue weighted by molar-refractivity contribution is -0.274. The fourth-order valence-electron chi connectivity index (χ4n) is 4.65. The minimum absolute atomic E-state index is 0.00654. The maximum atomic E-state index is 13.1. The van der Waals surface area contributed by atoms with Crippen LogP contribution in [0.25, 0.3) is 0 Å². The molecule has 4 rings (SSSR count). The van der Waals surface area contributed by atoms with E-state index >= 15 is 0 Å². The molecule has 2 heterocycles. The Morgan fingerprint density at radius 3 is 2.65 bits per heavy atom. The molecule has 0 radical (unpaired) electrons. The molecule has 1 aliphatic carbocycles. The molecular weight excluding hydrogens is 491 g/mol. The molecule has 1 aromatic carbocycles. The van der Waals surface area contributed by atoms with Gasteiger partial charge in [0.25, 0.3) is 0 Å². The van der Waals surface area contributed by atoms with Crippen molar-refractivity contribution < 1.29 is 27.4 Å². The van der Waals surface area contributed by atoms with Gasteiger partial charge in [0.15, 0.2) is 0 Å². The molecule has 2 fully saturated rings. The Kier molecular flexibility index (Phi) is 8.52. The van der Waals surface area contributed by atoms with E-state index in [4.69, 9.17) is 4.74 Å². The molecule has 3 N–H and O–H groups in total. The first kappa shape index (κ1) is 26.7. The summed E-state index contributed by atoms with van der Waals surface area (Å²) in [4.78, 5) is 27.7. The molecule has 0 bridgehead atoms. The average Bonchev–Trinajstić information content (AvgIpc) is 2.87. The minimum atomic E-state index is -4.84. The van der Waals surface area contributed by atoms with Crippen molar-refractivity contribution in [1.29, 1.82) is 0 Å². The van der Waals surface area contributed by atoms with E-state index < -0.39 is 6.36 Å². The van der Waals surface area contributed by atoms with Crippen LogP contribution in [-0.2, 0) is 16.1 Å². The SMILES string of the molecule is CNc1nc(C)nc(N[C@H]2CCC[C@@H](C(=O)NCc3ccc(N4CCOCC4)cc3OC(F)(F)F)C2)n1. The molecule has 0 spiro atoms. The normalized spacial score (nSPS) is 20.3. The van der Waals surface area contributed by atoms with Crippen molar-refractivity contribution in [2.24, 2.45) is 5.92 Å². The maximum absolute atomic E-state index is 13.1. The number of nitrogens with zero attached hydrogens (tertiary/aromatic N) is 4. The molecule has 1 aromatic heterocycles. The summed E-state index contributed by atoms with van der Waals surface area (Å²) in [6.07, 6.45) is -1.90. The zero-order valence-corrected chi connectivity index (χ0v) is 20.9. The molecular formula is C24H32F3N7O3. The summed E-state index contributed by atoms with van der Waals surface area (Å²) in [5.74, 6) is 0.671. The third-order valence-electron chi connectivity index (χ3n) is 6.45.